The molecule has 2 N–H and O–H groups in total. The van der Waals surface area contributed by atoms with Gasteiger partial charge in [-0.15, -0.1) is 0 Å². The van der Waals surface area contributed by atoms with E-state index in [9.17, 15) is 5.11 Å². The van der Waals surface area contributed by atoms with E-state index in [0.717, 1.165) is 24.1 Å². The van der Waals surface area contributed by atoms with Gasteiger partial charge in [-0.2, -0.15) is 0 Å². The lowest BCUT2D eigenvalue weighted by Gasteiger charge is -2.33. The molecule has 0 aromatic heterocycles. The molecule has 2 atom stereocenters. The third kappa shape index (κ3) is 5.33. The smallest absolute Gasteiger partial charge is 0.122 e. The van der Waals surface area contributed by atoms with E-state index >= 15 is 0 Å². The van der Waals surface area contributed by atoms with Gasteiger partial charge in [-0.1, -0.05) is 58.3 Å². The van der Waals surface area contributed by atoms with Crippen LogP contribution in [0, 0.1) is 20.8 Å². The molecule has 2 nitrogen and oxygen atoms in total. The van der Waals surface area contributed by atoms with Gasteiger partial charge in [-0.05, 0) is 70.0 Å². The average Bonchev–Trinajstić information content (AvgIpc) is 2.57. The van der Waals surface area contributed by atoms with Gasteiger partial charge in [-0.25, -0.2) is 0 Å². The maximum Gasteiger partial charge on any atom is 0.122 e. The number of rotatable bonds is 6. The predicted molar refractivity (Wildman–Crippen MR) is 121 cm³/mol. The molecule has 3 heteroatoms. The molecule has 0 spiro atoms. The number of aryl methyl sites for hydroxylation is 3. The summed E-state index contributed by atoms with van der Waals surface area (Å²) in [5, 5.41) is 15.8. The third-order valence-corrected chi connectivity index (χ3v) is 7.46. The highest BCUT2D eigenvalue weighted by Gasteiger charge is 2.30. The molecule has 2 aromatic rings. The van der Waals surface area contributed by atoms with Crippen LogP contribution in [0.15, 0.2) is 30.3 Å². The van der Waals surface area contributed by atoms with Crippen LogP contribution in [0.3, 0.4) is 0 Å². The highest BCUT2D eigenvalue weighted by Crippen LogP contribution is 2.48. The Kier molecular flexibility index (Phi) is 6.77. The average molecular weight is 386 g/mol. The summed E-state index contributed by atoms with van der Waals surface area (Å²) in [5.74, 6) is 0.459. The van der Waals surface area contributed by atoms with E-state index in [1.807, 2.05) is 6.92 Å². The second-order valence-corrected chi connectivity index (χ2v) is 10.9. The molecular formula is C24H36NOP. The Hall–Kier alpha value is -1.37. The SMILES string of the molecule is CCC(C)(Pc1c(C)cccc1CNC(C)(C)C)c1cc(C)cc(C)c1O. The van der Waals surface area contributed by atoms with Gasteiger partial charge >= 0.3 is 0 Å². The van der Waals surface area contributed by atoms with Gasteiger partial charge in [0, 0.05) is 22.8 Å². The monoisotopic (exact) mass is 385 g/mol. The minimum atomic E-state index is -0.0799. The van der Waals surface area contributed by atoms with Crippen molar-refractivity contribution in [2.45, 2.75) is 79.1 Å². The summed E-state index contributed by atoms with van der Waals surface area (Å²) in [4.78, 5) is 0. The molecule has 148 valence electrons. The first-order valence-corrected chi connectivity index (χ1v) is 10.9. The number of hydrogen-bond donors (Lipinski definition) is 2. The van der Waals surface area contributed by atoms with Crippen LogP contribution >= 0.6 is 8.58 Å². The van der Waals surface area contributed by atoms with Gasteiger partial charge < -0.3 is 10.4 Å². The molecule has 0 heterocycles. The Balaban J connectivity index is 2.47. The van der Waals surface area contributed by atoms with E-state index in [1.165, 1.54) is 22.0 Å². The molecule has 0 aliphatic carbocycles. The van der Waals surface area contributed by atoms with Crippen molar-refractivity contribution in [3.8, 4) is 5.75 Å². The van der Waals surface area contributed by atoms with E-state index < -0.39 is 0 Å². The summed E-state index contributed by atoms with van der Waals surface area (Å²) >= 11 is 0. The Morgan fingerprint density at radius 3 is 2.26 bits per heavy atom. The van der Waals surface area contributed by atoms with Gasteiger partial charge in [0.15, 0.2) is 0 Å². The summed E-state index contributed by atoms with van der Waals surface area (Å²) in [6.45, 7) is 18.3. The van der Waals surface area contributed by atoms with E-state index in [4.69, 9.17) is 0 Å². The molecule has 0 amide bonds. The van der Waals surface area contributed by atoms with Crippen molar-refractivity contribution >= 4 is 13.9 Å². The fourth-order valence-electron chi connectivity index (χ4n) is 3.42. The number of hydrogen-bond acceptors (Lipinski definition) is 2. The Morgan fingerprint density at radius 2 is 1.67 bits per heavy atom. The lowest BCUT2D eigenvalue weighted by atomic mass is 9.93. The van der Waals surface area contributed by atoms with Crippen molar-refractivity contribution in [2.24, 2.45) is 0 Å². The molecule has 2 rings (SSSR count). The molecule has 0 saturated carbocycles. The normalized spacial score (nSPS) is 14.7. The third-order valence-electron chi connectivity index (χ3n) is 5.32. The van der Waals surface area contributed by atoms with Gasteiger partial charge in [0.2, 0.25) is 0 Å². The largest absolute Gasteiger partial charge is 0.507 e. The van der Waals surface area contributed by atoms with Crippen LogP contribution < -0.4 is 10.6 Å². The second-order valence-electron chi connectivity index (χ2n) is 9.00. The molecule has 0 aliphatic heterocycles. The zero-order valence-corrected chi connectivity index (χ0v) is 19.2. The predicted octanol–water partition coefficient (Wildman–Crippen LogP) is 5.83. The Bertz CT molecular complexity index is 807. The van der Waals surface area contributed by atoms with Gasteiger partial charge in [0.05, 0.1) is 0 Å². The first-order valence-electron chi connectivity index (χ1n) is 9.89. The van der Waals surface area contributed by atoms with Crippen molar-refractivity contribution in [1.82, 2.24) is 5.32 Å². The van der Waals surface area contributed by atoms with Crippen molar-refractivity contribution in [2.75, 3.05) is 0 Å². The fourth-order valence-corrected chi connectivity index (χ4v) is 5.08. The second kappa shape index (κ2) is 8.33. The Morgan fingerprint density at radius 1 is 1.00 bits per heavy atom. The summed E-state index contributed by atoms with van der Waals surface area (Å²) in [6, 6.07) is 10.8. The van der Waals surface area contributed by atoms with Crippen molar-refractivity contribution in [3.63, 3.8) is 0 Å². The molecule has 0 bridgehead atoms. The number of phenolic OH excluding ortho intramolecular Hbond substituents is 1. The molecule has 0 fully saturated rings. The first kappa shape index (κ1) is 21.9. The molecular weight excluding hydrogens is 349 g/mol. The zero-order chi connectivity index (χ0) is 20.4. The summed E-state index contributed by atoms with van der Waals surface area (Å²) in [6.07, 6.45) is 0.988. The van der Waals surface area contributed by atoms with Crippen LogP contribution in [-0.2, 0) is 11.7 Å². The lowest BCUT2D eigenvalue weighted by molar-refractivity contribution is 0.425. The highest BCUT2D eigenvalue weighted by atomic mass is 31.1. The van der Waals surface area contributed by atoms with Crippen LogP contribution in [0.5, 0.6) is 5.75 Å². The quantitative estimate of drug-likeness (QED) is 0.613. The molecule has 2 unspecified atom stereocenters. The van der Waals surface area contributed by atoms with Crippen LogP contribution in [0.25, 0.3) is 0 Å². The van der Waals surface area contributed by atoms with Crippen LogP contribution in [0.1, 0.15) is 68.9 Å². The van der Waals surface area contributed by atoms with Crippen molar-refractivity contribution < 1.29 is 5.11 Å². The molecule has 0 radical (unpaired) electrons. The number of aromatic hydroxyl groups is 1. The minimum absolute atomic E-state index is 0.0799. The molecule has 0 aliphatic rings. The zero-order valence-electron chi connectivity index (χ0n) is 18.2. The number of nitrogens with one attached hydrogen (secondary N) is 1. The summed E-state index contributed by atoms with van der Waals surface area (Å²) < 4.78 is 0. The number of phenols is 1. The van der Waals surface area contributed by atoms with E-state index in [0.29, 0.717) is 14.3 Å². The number of benzene rings is 2. The minimum Gasteiger partial charge on any atom is -0.507 e. The standard InChI is InChI=1S/C24H36NOP/c1-9-24(8,20-14-16(2)13-18(4)21(20)26)27-22-17(3)11-10-12-19(22)15-25-23(5,6)7/h10-14,25-27H,9,15H2,1-8H3. The van der Waals surface area contributed by atoms with Crippen LogP contribution in [0.4, 0.5) is 0 Å². The van der Waals surface area contributed by atoms with Gasteiger partial charge in [0.1, 0.15) is 5.75 Å². The topological polar surface area (TPSA) is 32.3 Å². The summed E-state index contributed by atoms with van der Waals surface area (Å²) in [5.41, 5.74) is 6.05. The van der Waals surface area contributed by atoms with Crippen molar-refractivity contribution in [1.29, 1.82) is 0 Å². The Labute approximate surface area is 167 Å². The van der Waals surface area contributed by atoms with Crippen LogP contribution in [0.2, 0.25) is 0 Å². The molecule has 0 saturated heterocycles. The van der Waals surface area contributed by atoms with E-state index in [-0.39, 0.29) is 10.7 Å². The first-order chi connectivity index (χ1) is 12.5. The molecule has 27 heavy (non-hydrogen) atoms. The van der Waals surface area contributed by atoms with E-state index in [1.54, 1.807) is 0 Å². The highest BCUT2D eigenvalue weighted by molar-refractivity contribution is 7.48. The maximum atomic E-state index is 10.8. The summed E-state index contributed by atoms with van der Waals surface area (Å²) in [7, 11) is 0.606. The fraction of sp³-hybridized carbons (Fsp3) is 0.500. The van der Waals surface area contributed by atoms with E-state index in [2.05, 4.69) is 84.1 Å². The van der Waals surface area contributed by atoms with Gasteiger partial charge in [0.25, 0.3) is 0 Å². The van der Waals surface area contributed by atoms with Crippen LogP contribution in [-0.4, -0.2) is 10.6 Å². The van der Waals surface area contributed by atoms with Crippen molar-refractivity contribution in [3.05, 3.63) is 58.1 Å². The molecule has 2 aromatic carbocycles. The lowest BCUT2D eigenvalue weighted by Crippen LogP contribution is -2.36. The maximum absolute atomic E-state index is 10.8. The van der Waals surface area contributed by atoms with Gasteiger partial charge in [-0.3, -0.25) is 0 Å².